The molecule has 0 bridgehead atoms. The monoisotopic (exact) mass is 202 g/mol. The van der Waals surface area contributed by atoms with Crippen LogP contribution in [0.1, 0.15) is 59.3 Å². The molecule has 0 aliphatic carbocycles. The number of unbranched alkanes of at least 4 members (excludes halogenated alkanes) is 2. The van der Waals surface area contributed by atoms with Crippen molar-refractivity contribution in [2.24, 2.45) is 0 Å². The number of hydrogen-bond donors (Lipinski definition) is 1. The van der Waals surface area contributed by atoms with Gasteiger partial charge in [0.05, 0.1) is 12.2 Å². The summed E-state index contributed by atoms with van der Waals surface area (Å²) in [5, 5.41) is 9.07. The van der Waals surface area contributed by atoms with Gasteiger partial charge in [0, 0.05) is 6.61 Å². The lowest BCUT2D eigenvalue weighted by molar-refractivity contribution is 0.0532. The second-order valence-corrected chi connectivity index (χ2v) is 4.17. The third-order valence-electron chi connectivity index (χ3n) is 2.38. The second-order valence-electron chi connectivity index (χ2n) is 4.17. The largest absolute Gasteiger partial charge is 0.393 e. The van der Waals surface area contributed by atoms with Crippen molar-refractivity contribution in [2.45, 2.75) is 71.5 Å². The van der Waals surface area contributed by atoms with E-state index in [1.54, 1.807) is 0 Å². The van der Waals surface area contributed by atoms with Gasteiger partial charge in [-0.25, -0.2) is 0 Å². The molecule has 0 amide bonds. The van der Waals surface area contributed by atoms with E-state index in [2.05, 4.69) is 13.8 Å². The zero-order chi connectivity index (χ0) is 10.8. The van der Waals surface area contributed by atoms with E-state index >= 15 is 0 Å². The summed E-state index contributed by atoms with van der Waals surface area (Å²) in [6.45, 7) is 7.05. The molecule has 0 saturated carbocycles. The van der Waals surface area contributed by atoms with Gasteiger partial charge in [-0.2, -0.15) is 0 Å². The van der Waals surface area contributed by atoms with Crippen LogP contribution in [0.5, 0.6) is 0 Å². The van der Waals surface area contributed by atoms with Crippen molar-refractivity contribution in [1.82, 2.24) is 0 Å². The number of aliphatic hydroxyl groups is 1. The Labute approximate surface area is 88.7 Å². The minimum Gasteiger partial charge on any atom is -0.393 e. The van der Waals surface area contributed by atoms with Crippen molar-refractivity contribution in [3.8, 4) is 0 Å². The first-order chi connectivity index (χ1) is 6.66. The molecule has 2 nitrogen and oxygen atoms in total. The fourth-order valence-electron chi connectivity index (χ4n) is 1.42. The third kappa shape index (κ3) is 10.0. The first-order valence-corrected chi connectivity index (χ1v) is 5.96. The van der Waals surface area contributed by atoms with Gasteiger partial charge in [0.25, 0.3) is 0 Å². The average molecular weight is 202 g/mol. The lowest BCUT2D eigenvalue weighted by atomic mass is 10.1. The zero-order valence-corrected chi connectivity index (χ0v) is 9.96. The fourth-order valence-corrected chi connectivity index (χ4v) is 1.42. The first kappa shape index (κ1) is 13.9. The van der Waals surface area contributed by atoms with Gasteiger partial charge in [-0.15, -0.1) is 0 Å². The quantitative estimate of drug-likeness (QED) is 0.582. The molecule has 0 rings (SSSR count). The highest BCUT2D eigenvalue weighted by molar-refractivity contribution is 4.54. The van der Waals surface area contributed by atoms with E-state index in [4.69, 9.17) is 9.84 Å². The highest BCUT2D eigenvalue weighted by Gasteiger charge is 2.03. The molecule has 0 aliphatic heterocycles. The Morgan fingerprint density at radius 2 is 1.79 bits per heavy atom. The standard InChI is InChI=1S/C12H26O2/c1-4-5-6-10-14-12(3)9-7-8-11(2)13/h11-13H,4-10H2,1-3H3. The topological polar surface area (TPSA) is 29.5 Å². The molecular weight excluding hydrogens is 176 g/mol. The van der Waals surface area contributed by atoms with Gasteiger partial charge in [0.2, 0.25) is 0 Å². The Balaban J connectivity index is 3.15. The van der Waals surface area contributed by atoms with Crippen LogP contribution < -0.4 is 0 Å². The summed E-state index contributed by atoms with van der Waals surface area (Å²) in [5.41, 5.74) is 0. The predicted molar refractivity (Wildman–Crippen MR) is 60.5 cm³/mol. The number of ether oxygens (including phenoxy) is 1. The predicted octanol–water partition coefficient (Wildman–Crippen LogP) is 3.13. The molecule has 0 aliphatic rings. The Bertz CT molecular complexity index is 113. The molecular formula is C12H26O2. The molecule has 0 saturated heterocycles. The summed E-state index contributed by atoms with van der Waals surface area (Å²) in [6, 6.07) is 0. The maximum Gasteiger partial charge on any atom is 0.0547 e. The number of rotatable bonds is 9. The molecule has 0 aromatic rings. The van der Waals surface area contributed by atoms with Crippen LogP contribution in [0.2, 0.25) is 0 Å². The summed E-state index contributed by atoms with van der Waals surface area (Å²) < 4.78 is 5.64. The van der Waals surface area contributed by atoms with Crippen LogP contribution in [0.4, 0.5) is 0 Å². The van der Waals surface area contributed by atoms with Gasteiger partial charge in [-0.05, 0) is 39.5 Å². The molecule has 0 fully saturated rings. The molecule has 0 radical (unpaired) electrons. The van der Waals surface area contributed by atoms with E-state index in [-0.39, 0.29) is 6.10 Å². The van der Waals surface area contributed by atoms with E-state index in [0.29, 0.717) is 6.10 Å². The number of hydrogen-bond acceptors (Lipinski definition) is 2. The van der Waals surface area contributed by atoms with Crippen LogP contribution in [0.15, 0.2) is 0 Å². The summed E-state index contributed by atoms with van der Waals surface area (Å²) in [5.74, 6) is 0. The van der Waals surface area contributed by atoms with Crippen molar-refractivity contribution < 1.29 is 9.84 Å². The van der Waals surface area contributed by atoms with Gasteiger partial charge < -0.3 is 9.84 Å². The minimum absolute atomic E-state index is 0.165. The maximum atomic E-state index is 9.07. The number of aliphatic hydroxyl groups excluding tert-OH is 1. The molecule has 0 aromatic carbocycles. The normalized spacial score (nSPS) is 15.4. The Kier molecular flexibility index (Phi) is 9.42. The van der Waals surface area contributed by atoms with Crippen molar-refractivity contribution in [1.29, 1.82) is 0 Å². The Hall–Kier alpha value is -0.0800. The maximum absolute atomic E-state index is 9.07. The first-order valence-electron chi connectivity index (χ1n) is 5.96. The highest BCUT2D eigenvalue weighted by atomic mass is 16.5. The Morgan fingerprint density at radius 1 is 1.07 bits per heavy atom. The van der Waals surface area contributed by atoms with Crippen LogP contribution in [-0.4, -0.2) is 23.9 Å². The molecule has 86 valence electrons. The summed E-state index contributed by atoms with van der Waals surface area (Å²) in [4.78, 5) is 0. The van der Waals surface area contributed by atoms with Gasteiger partial charge in [-0.3, -0.25) is 0 Å². The smallest absolute Gasteiger partial charge is 0.0547 e. The van der Waals surface area contributed by atoms with Crippen LogP contribution in [0.25, 0.3) is 0 Å². The van der Waals surface area contributed by atoms with Crippen LogP contribution >= 0.6 is 0 Å². The summed E-state index contributed by atoms with van der Waals surface area (Å²) in [6.07, 6.45) is 6.90. The minimum atomic E-state index is -0.165. The van der Waals surface area contributed by atoms with Gasteiger partial charge >= 0.3 is 0 Å². The van der Waals surface area contributed by atoms with Gasteiger partial charge in [0.15, 0.2) is 0 Å². The van der Waals surface area contributed by atoms with Crippen molar-refractivity contribution in [3.05, 3.63) is 0 Å². The zero-order valence-electron chi connectivity index (χ0n) is 9.96. The fraction of sp³-hybridized carbons (Fsp3) is 1.00. The summed E-state index contributed by atoms with van der Waals surface area (Å²) >= 11 is 0. The van der Waals surface area contributed by atoms with Gasteiger partial charge in [-0.1, -0.05) is 19.8 Å². The van der Waals surface area contributed by atoms with Crippen molar-refractivity contribution >= 4 is 0 Å². The molecule has 0 heterocycles. The highest BCUT2D eigenvalue weighted by Crippen LogP contribution is 2.07. The van der Waals surface area contributed by atoms with Crippen molar-refractivity contribution in [2.75, 3.05) is 6.61 Å². The molecule has 1 N–H and O–H groups in total. The van der Waals surface area contributed by atoms with Crippen LogP contribution in [-0.2, 0) is 4.74 Å². The van der Waals surface area contributed by atoms with E-state index in [9.17, 15) is 0 Å². The molecule has 2 heteroatoms. The second kappa shape index (κ2) is 9.47. The molecule has 2 atom stereocenters. The lowest BCUT2D eigenvalue weighted by Gasteiger charge is -2.13. The SMILES string of the molecule is CCCCCOC(C)CCCC(C)O. The van der Waals surface area contributed by atoms with Crippen molar-refractivity contribution in [3.63, 3.8) is 0 Å². The molecule has 14 heavy (non-hydrogen) atoms. The molecule has 0 aromatic heterocycles. The molecule has 0 spiro atoms. The van der Waals surface area contributed by atoms with E-state index in [1.165, 1.54) is 19.3 Å². The van der Waals surface area contributed by atoms with Gasteiger partial charge in [0.1, 0.15) is 0 Å². The van der Waals surface area contributed by atoms with E-state index in [0.717, 1.165) is 25.9 Å². The Morgan fingerprint density at radius 3 is 2.36 bits per heavy atom. The summed E-state index contributed by atoms with van der Waals surface area (Å²) in [7, 11) is 0. The van der Waals surface area contributed by atoms with E-state index in [1.807, 2.05) is 6.92 Å². The lowest BCUT2D eigenvalue weighted by Crippen LogP contribution is -2.10. The third-order valence-corrected chi connectivity index (χ3v) is 2.38. The van der Waals surface area contributed by atoms with Crippen LogP contribution in [0.3, 0.4) is 0 Å². The average Bonchev–Trinajstić information content (AvgIpc) is 2.12. The molecule has 2 unspecified atom stereocenters. The van der Waals surface area contributed by atoms with Crippen LogP contribution in [0, 0.1) is 0 Å². The van der Waals surface area contributed by atoms with E-state index < -0.39 is 0 Å².